The molecule has 0 spiro atoms. The minimum Gasteiger partial charge on any atom is -0.497 e. The monoisotopic (exact) mass is 465 g/mol. The van der Waals surface area contributed by atoms with E-state index in [1.54, 1.807) is 17.9 Å². The Kier molecular flexibility index (Phi) is 6.03. The number of rotatable bonds is 6. The van der Waals surface area contributed by atoms with E-state index in [0.29, 0.717) is 35.3 Å². The number of fused-ring (bicyclic) bond motifs is 3. The second-order valence-electron chi connectivity index (χ2n) is 8.90. The van der Waals surface area contributed by atoms with E-state index < -0.39 is 6.10 Å². The smallest absolute Gasteiger partial charge is 0.425 e. The second-order valence-corrected chi connectivity index (χ2v) is 8.90. The van der Waals surface area contributed by atoms with Crippen LogP contribution in [-0.4, -0.2) is 68.1 Å². The fraction of sp³-hybridized carbons (Fsp3) is 0.417. The quantitative estimate of drug-likeness (QED) is 0.454. The van der Waals surface area contributed by atoms with Gasteiger partial charge in [-0.1, -0.05) is 12.1 Å². The highest BCUT2D eigenvalue weighted by molar-refractivity contribution is 5.87. The van der Waals surface area contributed by atoms with Gasteiger partial charge in [-0.15, -0.1) is 0 Å². The molecular formula is C24H29N6O4+. The fourth-order valence-corrected chi connectivity index (χ4v) is 4.69. The summed E-state index contributed by atoms with van der Waals surface area (Å²) in [5.74, 6) is 0.749. The predicted octanol–water partition coefficient (Wildman–Crippen LogP) is 1.06. The lowest BCUT2D eigenvalue weighted by Crippen LogP contribution is -2.46. The Morgan fingerprint density at radius 2 is 1.97 bits per heavy atom. The first-order valence-corrected chi connectivity index (χ1v) is 11.4. The van der Waals surface area contributed by atoms with E-state index in [9.17, 15) is 9.90 Å². The number of benzene rings is 1. The lowest BCUT2D eigenvalue weighted by Gasteiger charge is -2.36. The van der Waals surface area contributed by atoms with Gasteiger partial charge < -0.3 is 14.6 Å². The summed E-state index contributed by atoms with van der Waals surface area (Å²) < 4.78 is 13.9. The molecule has 1 fully saturated rings. The number of hydrogen-bond acceptors (Lipinski definition) is 7. The molecule has 0 aliphatic carbocycles. The van der Waals surface area contributed by atoms with Crippen LogP contribution in [0.5, 0.6) is 5.75 Å². The fourth-order valence-electron chi connectivity index (χ4n) is 4.69. The average Bonchev–Trinajstić information content (AvgIpc) is 3.32. The van der Waals surface area contributed by atoms with Gasteiger partial charge in [0.25, 0.3) is 12.0 Å². The zero-order valence-electron chi connectivity index (χ0n) is 19.5. The molecule has 178 valence electrons. The highest BCUT2D eigenvalue weighted by Crippen LogP contribution is 2.22. The number of β-amino-alcohol motifs (C(OH)–C–C–N with tert-alkyl or cyclic N) is 1. The number of H-pyrrole nitrogens is 1. The zero-order valence-corrected chi connectivity index (χ0v) is 19.5. The Balaban J connectivity index is 1.51. The van der Waals surface area contributed by atoms with Crippen molar-refractivity contribution >= 4 is 16.7 Å². The number of nitrogens with zero attached hydrogens (tertiary/aromatic N) is 5. The molecule has 2 N–H and O–H groups in total. The van der Waals surface area contributed by atoms with Gasteiger partial charge in [-0.05, 0) is 42.1 Å². The van der Waals surface area contributed by atoms with Crippen molar-refractivity contribution in [3.8, 4) is 5.75 Å². The van der Waals surface area contributed by atoms with Crippen LogP contribution in [0.3, 0.4) is 0 Å². The van der Waals surface area contributed by atoms with Gasteiger partial charge >= 0.3 is 5.69 Å². The standard InChI is InChI=1S/C24H28N6O4/c1-15-10-28(11-16(2)34-15)13-21(31)18-8-20-22(25-9-18)29(24(32)30-23(20)26-14-27-30)12-17-4-6-19(33-3)7-5-17/h4-9,14-16,21,31H,10-13H2,1-3H3/p+1/t15-,16+,21?. The Labute approximate surface area is 196 Å². The highest BCUT2D eigenvalue weighted by atomic mass is 16.5. The van der Waals surface area contributed by atoms with Gasteiger partial charge in [0.05, 0.1) is 37.4 Å². The van der Waals surface area contributed by atoms with E-state index >= 15 is 0 Å². The molecule has 1 aliphatic rings. The topological polar surface area (TPSA) is 108 Å². The Morgan fingerprint density at radius 3 is 2.68 bits per heavy atom. The van der Waals surface area contributed by atoms with Gasteiger partial charge in [0.15, 0.2) is 5.65 Å². The van der Waals surface area contributed by atoms with Crippen LogP contribution < -0.4 is 15.4 Å². The van der Waals surface area contributed by atoms with E-state index in [0.717, 1.165) is 24.4 Å². The van der Waals surface area contributed by atoms with Gasteiger partial charge in [-0.25, -0.2) is 14.8 Å². The number of hydrogen-bond donors (Lipinski definition) is 1. The SMILES string of the molecule is COc1ccc(Cn2c(=O)n3nc[nH+]c3c3cc(C(O)CN4C[C@@H](C)O[C@@H](C)C4)cnc32)cc1. The maximum atomic E-state index is 13.2. The van der Waals surface area contributed by atoms with E-state index in [-0.39, 0.29) is 17.9 Å². The van der Waals surface area contributed by atoms with Crippen molar-refractivity contribution in [1.29, 1.82) is 0 Å². The molecule has 1 aromatic carbocycles. The number of aromatic amines is 1. The number of aliphatic hydroxyl groups excluding tert-OH is 1. The van der Waals surface area contributed by atoms with Crippen LogP contribution in [0.25, 0.3) is 16.7 Å². The largest absolute Gasteiger partial charge is 0.497 e. The lowest BCUT2D eigenvalue weighted by atomic mass is 10.1. The van der Waals surface area contributed by atoms with Gasteiger partial charge in [0.2, 0.25) is 0 Å². The van der Waals surface area contributed by atoms with Crippen LogP contribution >= 0.6 is 0 Å². The molecule has 0 radical (unpaired) electrons. The lowest BCUT2D eigenvalue weighted by molar-refractivity contribution is -0.345. The van der Waals surface area contributed by atoms with Crippen LogP contribution in [0, 0.1) is 0 Å². The predicted molar refractivity (Wildman–Crippen MR) is 125 cm³/mol. The van der Waals surface area contributed by atoms with E-state index in [2.05, 4.69) is 20.0 Å². The van der Waals surface area contributed by atoms with Crippen LogP contribution in [0.1, 0.15) is 31.1 Å². The number of aromatic nitrogens is 5. The first-order valence-electron chi connectivity index (χ1n) is 11.4. The zero-order chi connectivity index (χ0) is 23.8. The molecule has 10 heteroatoms. The van der Waals surface area contributed by atoms with Crippen molar-refractivity contribution < 1.29 is 19.6 Å². The third-order valence-electron chi connectivity index (χ3n) is 6.21. The minimum absolute atomic E-state index is 0.124. The van der Waals surface area contributed by atoms with Crippen molar-refractivity contribution in [2.45, 2.75) is 38.7 Å². The molecule has 1 saturated heterocycles. The summed E-state index contributed by atoms with van der Waals surface area (Å²) in [4.78, 5) is 23.1. The number of morpholine rings is 1. The van der Waals surface area contributed by atoms with Gasteiger partial charge in [0.1, 0.15) is 5.75 Å². The molecule has 34 heavy (non-hydrogen) atoms. The van der Waals surface area contributed by atoms with Gasteiger partial charge in [0, 0.05) is 36.5 Å². The van der Waals surface area contributed by atoms with Crippen molar-refractivity contribution in [1.82, 2.24) is 24.1 Å². The van der Waals surface area contributed by atoms with E-state index in [1.807, 2.05) is 44.2 Å². The Hall–Kier alpha value is -3.34. The first-order chi connectivity index (χ1) is 16.4. The third-order valence-corrected chi connectivity index (χ3v) is 6.21. The van der Waals surface area contributed by atoms with E-state index in [1.165, 1.54) is 10.8 Å². The molecule has 10 nitrogen and oxygen atoms in total. The summed E-state index contributed by atoms with van der Waals surface area (Å²) in [6, 6.07) is 9.44. The summed E-state index contributed by atoms with van der Waals surface area (Å²) >= 11 is 0. The summed E-state index contributed by atoms with van der Waals surface area (Å²) in [5.41, 5.74) is 2.39. The molecular weight excluding hydrogens is 436 g/mol. The van der Waals surface area contributed by atoms with E-state index in [4.69, 9.17) is 9.47 Å². The Morgan fingerprint density at radius 1 is 1.24 bits per heavy atom. The number of ether oxygens (including phenoxy) is 2. The maximum Gasteiger partial charge on any atom is 0.425 e. The number of aliphatic hydroxyl groups is 1. The number of methoxy groups -OCH3 is 1. The molecule has 0 saturated carbocycles. The normalized spacial score (nSPS) is 20.1. The minimum atomic E-state index is -0.723. The number of pyridine rings is 1. The molecule has 4 aromatic rings. The van der Waals surface area contributed by atoms with Crippen molar-refractivity contribution in [2.24, 2.45) is 0 Å². The van der Waals surface area contributed by atoms with Gasteiger partial charge in [-0.2, -0.15) is 0 Å². The molecule has 3 aromatic heterocycles. The summed E-state index contributed by atoms with van der Waals surface area (Å²) in [6.07, 6.45) is 2.66. The molecule has 0 bridgehead atoms. The molecule has 4 heterocycles. The van der Waals surface area contributed by atoms with Crippen LogP contribution in [-0.2, 0) is 11.3 Å². The van der Waals surface area contributed by atoms with Crippen LogP contribution in [0.15, 0.2) is 47.7 Å². The van der Waals surface area contributed by atoms with Gasteiger partial charge in [-0.3, -0.25) is 9.47 Å². The third kappa shape index (κ3) is 4.27. The molecule has 5 rings (SSSR count). The molecule has 1 aliphatic heterocycles. The summed E-state index contributed by atoms with van der Waals surface area (Å²) in [7, 11) is 1.62. The van der Waals surface area contributed by atoms with Crippen molar-refractivity contribution in [3.05, 3.63) is 64.5 Å². The number of nitrogens with one attached hydrogen (secondary N) is 1. The average molecular weight is 466 g/mol. The Bertz CT molecular complexity index is 1360. The first kappa shape index (κ1) is 22.5. The molecule has 1 unspecified atom stereocenters. The highest BCUT2D eigenvalue weighted by Gasteiger charge is 2.26. The summed E-state index contributed by atoms with van der Waals surface area (Å²) in [5, 5.41) is 15.9. The van der Waals surface area contributed by atoms with Crippen LogP contribution in [0.2, 0.25) is 0 Å². The van der Waals surface area contributed by atoms with Crippen molar-refractivity contribution in [2.75, 3.05) is 26.7 Å². The van der Waals surface area contributed by atoms with Crippen LogP contribution in [0.4, 0.5) is 0 Å². The summed E-state index contributed by atoms with van der Waals surface area (Å²) in [6.45, 7) is 6.43. The molecule has 3 atom stereocenters. The maximum absolute atomic E-state index is 13.2. The second kappa shape index (κ2) is 9.13. The molecule has 0 amide bonds. The van der Waals surface area contributed by atoms with Crippen molar-refractivity contribution in [3.63, 3.8) is 0 Å².